The lowest BCUT2D eigenvalue weighted by atomic mass is 10.2. The third kappa shape index (κ3) is 3.56. The molecular weight excluding hydrogens is 284 g/mol. The molecule has 0 radical (unpaired) electrons. The van der Waals surface area contributed by atoms with Crippen molar-refractivity contribution in [2.24, 2.45) is 0 Å². The zero-order valence-electron chi connectivity index (χ0n) is 10.6. The van der Waals surface area contributed by atoms with Gasteiger partial charge in [0.2, 0.25) is 0 Å². The summed E-state index contributed by atoms with van der Waals surface area (Å²) in [7, 11) is 0. The number of hydrogen-bond acceptors (Lipinski definition) is 5. The first-order valence-corrected chi connectivity index (χ1v) is 5.77. The molecule has 8 heteroatoms. The predicted octanol–water partition coefficient (Wildman–Crippen LogP) is 2.71. The predicted molar refractivity (Wildman–Crippen MR) is 72.0 cm³/mol. The van der Waals surface area contributed by atoms with Crippen LogP contribution in [0, 0.1) is 0 Å². The van der Waals surface area contributed by atoms with Gasteiger partial charge in [-0.1, -0.05) is 12.1 Å². The van der Waals surface area contributed by atoms with Crippen LogP contribution in [0.3, 0.4) is 0 Å². The van der Waals surface area contributed by atoms with E-state index in [9.17, 15) is 13.6 Å². The van der Waals surface area contributed by atoms with Gasteiger partial charge < -0.3 is 20.9 Å². The van der Waals surface area contributed by atoms with Crippen LogP contribution in [0.25, 0.3) is 0 Å². The minimum Gasteiger partial charge on any atom is -0.478 e. The zero-order chi connectivity index (χ0) is 15.4. The Kier molecular flexibility index (Phi) is 4.17. The third-order valence-electron chi connectivity index (χ3n) is 2.53. The van der Waals surface area contributed by atoms with Crippen LogP contribution in [0.5, 0.6) is 5.75 Å². The number of benzene rings is 1. The van der Waals surface area contributed by atoms with Crippen LogP contribution < -0.4 is 15.8 Å². The number of nitrogens with zero attached hydrogens (tertiary/aromatic N) is 1. The molecule has 110 valence electrons. The molecule has 0 spiro atoms. The minimum absolute atomic E-state index is 0.00478. The molecule has 0 amide bonds. The highest BCUT2D eigenvalue weighted by molar-refractivity contribution is 5.94. The first-order valence-electron chi connectivity index (χ1n) is 5.77. The minimum atomic E-state index is -2.97. The molecule has 0 bridgehead atoms. The number of ether oxygens (including phenoxy) is 1. The van der Waals surface area contributed by atoms with Crippen molar-refractivity contribution in [2.45, 2.75) is 6.61 Å². The van der Waals surface area contributed by atoms with Gasteiger partial charge in [-0.2, -0.15) is 8.78 Å². The number of para-hydroxylation sites is 2. The first kappa shape index (κ1) is 14.5. The molecule has 0 atom stereocenters. The highest BCUT2D eigenvalue weighted by Crippen LogP contribution is 2.28. The Morgan fingerprint density at radius 3 is 2.76 bits per heavy atom. The van der Waals surface area contributed by atoms with E-state index in [-0.39, 0.29) is 28.5 Å². The number of aromatic nitrogens is 1. The van der Waals surface area contributed by atoms with Crippen molar-refractivity contribution < 1.29 is 23.4 Å². The van der Waals surface area contributed by atoms with E-state index in [1.165, 1.54) is 30.5 Å². The molecule has 4 N–H and O–H groups in total. The van der Waals surface area contributed by atoms with Crippen molar-refractivity contribution in [1.29, 1.82) is 0 Å². The van der Waals surface area contributed by atoms with Crippen LogP contribution in [-0.4, -0.2) is 22.7 Å². The lowest BCUT2D eigenvalue weighted by molar-refractivity contribution is -0.0493. The molecule has 0 aliphatic rings. The van der Waals surface area contributed by atoms with Gasteiger partial charge in [-0.3, -0.25) is 0 Å². The Hall–Kier alpha value is -2.90. The van der Waals surface area contributed by atoms with Crippen molar-refractivity contribution in [1.82, 2.24) is 4.98 Å². The summed E-state index contributed by atoms with van der Waals surface area (Å²) < 4.78 is 29.0. The van der Waals surface area contributed by atoms with Crippen LogP contribution in [0.1, 0.15) is 10.4 Å². The quantitative estimate of drug-likeness (QED) is 0.784. The number of carboxylic acid groups (broad SMARTS) is 1. The molecular formula is C13H11F2N3O3. The molecule has 21 heavy (non-hydrogen) atoms. The molecule has 0 aliphatic carbocycles. The number of nitrogens with two attached hydrogens (primary N) is 1. The number of nitrogens with one attached hydrogen (secondary N) is 1. The smallest absolute Gasteiger partial charge is 0.387 e. The summed E-state index contributed by atoms with van der Waals surface area (Å²) in [5.41, 5.74) is 5.58. The number of alkyl halides is 2. The Labute approximate surface area is 118 Å². The second-order valence-corrected chi connectivity index (χ2v) is 3.96. The molecule has 0 aliphatic heterocycles. The van der Waals surface area contributed by atoms with E-state index >= 15 is 0 Å². The van der Waals surface area contributed by atoms with Gasteiger partial charge in [0.15, 0.2) is 0 Å². The fourth-order valence-corrected chi connectivity index (χ4v) is 1.63. The number of aromatic carboxylic acids is 1. The SMILES string of the molecule is Nc1cnc(Nc2ccccc2OC(F)F)cc1C(=O)O. The normalized spacial score (nSPS) is 10.4. The standard InChI is InChI=1S/C13H11F2N3O3/c14-13(15)21-10-4-2-1-3-9(10)18-11-5-7(12(19)20)8(16)6-17-11/h1-6,13H,16H2,(H,17,18)(H,19,20). The highest BCUT2D eigenvalue weighted by Gasteiger charge is 2.12. The van der Waals surface area contributed by atoms with Crippen molar-refractivity contribution >= 4 is 23.2 Å². The maximum atomic E-state index is 12.3. The fourth-order valence-electron chi connectivity index (χ4n) is 1.63. The molecule has 0 saturated carbocycles. The summed E-state index contributed by atoms with van der Waals surface area (Å²) in [5, 5.41) is 11.7. The van der Waals surface area contributed by atoms with E-state index in [0.29, 0.717) is 0 Å². The van der Waals surface area contributed by atoms with E-state index < -0.39 is 12.6 Å². The van der Waals surface area contributed by atoms with Crippen molar-refractivity contribution in [3.8, 4) is 5.75 Å². The Morgan fingerprint density at radius 2 is 2.10 bits per heavy atom. The van der Waals surface area contributed by atoms with Gasteiger partial charge in [0.1, 0.15) is 11.6 Å². The highest BCUT2D eigenvalue weighted by atomic mass is 19.3. The number of halogens is 2. The van der Waals surface area contributed by atoms with Gasteiger partial charge in [-0.15, -0.1) is 0 Å². The molecule has 1 heterocycles. The molecule has 2 rings (SSSR count). The molecule has 0 saturated heterocycles. The van der Waals surface area contributed by atoms with E-state index in [1.807, 2.05) is 0 Å². The van der Waals surface area contributed by atoms with Crippen LogP contribution in [0.4, 0.5) is 26.0 Å². The largest absolute Gasteiger partial charge is 0.478 e. The van der Waals surface area contributed by atoms with Gasteiger partial charge in [-0.05, 0) is 18.2 Å². The van der Waals surface area contributed by atoms with Crippen molar-refractivity contribution in [3.05, 3.63) is 42.1 Å². The first-order chi connectivity index (χ1) is 9.97. The average Bonchev–Trinajstić information content (AvgIpc) is 2.42. The topological polar surface area (TPSA) is 97.5 Å². The fraction of sp³-hybridized carbons (Fsp3) is 0.0769. The van der Waals surface area contributed by atoms with E-state index in [4.69, 9.17) is 10.8 Å². The summed E-state index contributed by atoms with van der Waals surface area (Å²) in [6.07, 6.45) is 1.17. The molecule has 0 unspecified atom stereocenters. The number of carboxylic acids is 1. The monoisotopic (exact) mass is 295 g/mol. The summed E-state index contributed by atoms with van der Waals surface area (Å²) in [6.45, 7) is -2.97. The van der Waals surface area contributed by atoms with Crippen LogP contribution >= 0.6 is 0 Å². The maximum absolute atomic E-state index is 12.3. The molecule has 1 aromatic heterocycles. The number of carbonyl (C=O) groups is 1. The molecule has 6 nitrogen and oxygen atoms in total. The number of rotatable bonds is 5. The summed E-state index contributed by atoms with van der Waals surface area (Å²) in [6, 6.07) is 7.19. The lowest BCUT2D eigenvalue weighted by Gasteiger charge is -2.12. The van der Waals surface area contributed by atoms with E-state index in [1.54, 1.807) is 6.07 Å². The summed E-state index contributed by atoms with van der Waals surface area (Å²) >= 11 is 0. The van der Waals surface area contributed by atoms with Gasteiger partial charge in [0.05, 0.1) is 23.1 Å². The van der Waals surface area contributed by atoms with Gasteiger partial charge >= 0.3 is 12.6 Å². The summed E-state index contributed by atoms with van der Waals surface area (Å²) in [5.74, 6) is -1.15. The van der Waals surface area contributed by atoms with Gasteiger partial charge in [0, 0.05) is 0 Å². The van der Waals surface area contributed by atoms with Crippen LogP contribution in [0.2, 0.25) is 0 Å². The average molecular weight is 295 g/mol. The van der Waals surface area contributed by atoms with Gasteiger partial charge in [0.25, 0.3) is 0 Å². The maximum Gasteiger partial charge on any atom is 0.387 e. The molecule has 0 fully saturated rings. The molecule has 1 aromatic carbocycles. The van der Waals surface area contributed by atoms with Crippen molar-refractivity contribution in [2.75, 3.05) is 11.1 Å². The second-order valence-electron chi connectivity index (χ2n) is 3.96. The Bertz CT molecular complexity index is 665. The second kappa shape index (κ2) is 6.04. The number of nitrogen functional groups attached to an aromatic ring is 1. The molecule has 2 aromatic rings. The third-order valence-corrected chi connectivity index (χ3v) is 2.53. The Balaban J connectivity index is 2.30. The Morgan fingerprint density at radius 1 is 1.38 bits per heavy atom. The number of hydrogen-bond donors (Lipinski definition) is 3. The van der Waals surface area contributed by atoms with Crippen LogP contribution in [0.15, 0.2) is 36.5 Å². The van der Waals surface area contributed by atoms with Crippen molar-refractivity contribution in [3.63, 3.8) is 0 Å². The van der Waals surface area contributed by atoms with E-state index in [0.717, 1.165) is 0 Å². The number of anilines is 3. The van der Waals surface area contributed by atoms with Gasteiger partial charge in [-0.25, -0.2) is 9.78 Å². The van der Waals surface area contributed by atoms with E-state index in [2.05, 4.69) is 15.0 Å². The lowest BCUT2D eigenvalue weighted by Crippen LogP contribution is -2.07. The van der Waals surface area contributed by atoms with Crippen LogP contribution in [-0.2, 0) is 0 Å². The number of pyridine rings is 1. The zero-order valence-corrected chi connectivity index (χ0v) is 10.6. The summed E-state index contributed by atoms with van der Waals surface area (Å²) in [4.78, 5) is 14.9.